The topological polar surface area (TPSA) is 41.6 Å². The highest BCUT2D eigenvalue weighted by Gasteiger charge is 2.25. The molecule has 0 bridgehead atoms. The van der Waals surface area contributed by atoms with Crippen LogP contribution in [0.25, 0.3) is 0 Å². The van der Waals surface area contributed by atoms with E-state index in [9.17, 15) is 4.79 Å². The normalized spacial score (nSPS) is 17.5. The Bertz CT molecular complexity index is 748. The van der Waals surface area contributed by atoms with Crippen molar-refractivity contribution in [1.29, 1.82) is 0 Å². The highest BCUT2D eigenvalue weighted by Crippen LogP contribution is 2.22. The molecule has 4 nitrogen and oxygen atoms in total. The van der Waals surface area contributed by atoms with Crippen molar-refractivity contribution in [2.75, 3.05) is 26.7 Å². The van der Waals surface area contributed by atoms with Crippen LogP contribution in [0.1, 0.15) is 24.0 Å². The van der Waals surface area contributed by atoms with Crippen LogP contribution in [0.4, 0.5) is 0 Å². The lowest BCUT2D eigenvalue weighted by atomic mass is 9.96. The van der Waals surface area contributed by atoms with E-state index < -0.39 is 0 Å². The van der Waals surface area contributed by atoms with Gasteiger partial charge in [0.25, 0.3) is 0 Å². The van der Waals surface area contributed by atoms with Crippen molar-refractivity contribution in [2.24, 2.45) is 5.92 Å². The van der Waals surface area contributed by atoms with Crippen molar-refractivity contribution in [3.8, 4) is 5.75 Å². The van der Waals surface area contributed by atoms with E-state index in [-0.39, 0.29) is 11.8 Å². The fourth-order valence-electron chi connectivity index (χ4n) is 3.55. The van der Waals surface area contributed by atoms with Crippen LogP contribution in [0.5, 0.6) is 5.75 Å². The van der Waals surface area contributed by atoms with Gasteiger partial charge in [0.15, 0.2) is 0 Å². The summed E-state index contributed by atoms with van der Waals surface area (Å²) in [5.41, 5.74) is 2.32. The largest absolute Gasteiger partial charge is 0.497 e. The Kier molecular flexibility index (Phi) is 7.13. The third-order valence-electron chi connectivity index (χ3n) is 5.10. The summed E-state index contributed by atoms with van der Waals surface area (Å²) in [4.78, 5) is 14.9. The number of ether oxygens (including phenoxy) is 1. The molecule has 2 aromatic rings. The molecule has 0 saturated carbocycles. The van der Waals surface area contributed by atoms with Gasteiger partial charge in [-0.05, 0) is 55.1 Å². The van der Waals surface area contributed by atoms with Crippen LogP contribution >= 0.6 is 11.6 Å². The maximum absolute atomic E-state index is 12.6. The van der Waals surface area contributed by atoms with Crippen LogP contribution in [-0.4, -0.2) is 37.6 Å². The lowest BCUT2D eigenvalue weighted by Gasteiger charge is -2.32. The number of halogens is 1. The number of nitrogens with one attached hydrogen (secondary N) is 1. The lowest BCUT2D eigenvalue weighted by molar-refractivity contribution is -0.126. The van der Waals surface area contributed by atoms with Crippen molar-refractivity contribution in [2.45, 2.75) is 25.8 Å². The fourth-order valence-corrected chi connectivity index (χ4v) is 3.74. The van der Waals surface area contributed by atoms with Crippen LogP contribution in [0, 0.1) is 5.92 Å². The van der Waals surface area contributed by atoms with Gasteiger partial charge < -0.3 is 10.1 Å². The van der Waals surface area contributed by atoms with Crippen molar-refractivity contribution in [3.05, 3.63) is 64.7 Å². The molecule has 1 unspecified atom stereocenters. The minimum Gasteiger partial charge on any atom is -0.497 e. The monoisotopic (exact) mass is 386 g/mol. The number of methoxy groups -OCH3 is 1. The van der Waals surface area contributed by atoms with E-state index >= 15 is 0 Å². The molecule has 27 heavy (non-hydrogen) atoms. The summed E-state index contributed by atoms with van der Waals surface area (Å²) in [5, 5.41) is 3.90. The molecule has 1 fully saturated rings. The predicted molar refractivity (Wildman–Crippen MR) is 109 cm³/mol. The molecule has 1 amide bonds. The summed E-state index contributed by atoms with van der Waals surface area (Å²) in [5.74, 6) is 1.06. The Morgan fingerprint density at radius 2 is 2.00 bits per heavy atom. The Morgan fingerprint density at radius 3 is 2.74 bits per heavy atom. The molecule has 0 aromatic heterocycles. The quantitative estimate of drug-likeness (QED) is 0.784. The SMILES string of the molecule is COc1ccc(CCNC(=O)C2CCCN(Cc3ccccc3Cl)C2)cc1. The van der Waals surface area contributed by atoms with Gasteiger partial charge in [-0.25, -0.2) is 0 Å². The maximum Gasteiger partial charge on any atom is 0.224 e. The number of piperidine rings is 1. The molecule has 0 aliphatic carbocycles. The molecule has 0 spiro atoms. The fraction of sp³-hybridized carbons (Fsp3) is 0.409. The van der Waals surface area contributed by atoms with Crippen LogP contribution < -0.4 is 10.1 Å². The molecule has 3 rings (SSSR count). The highest BCUT2D eigenvalue weighted by molar-refractivity contribution is 6.31. The summed E-state index contributed by atoms with van der Waals surface area (Å²) in [6.45, 7) is 3.27. The average Bonchev–Trinajstić information content (AvgIpc) is 2.70. The summed E-state index contributed by atoms with van der Waals surface area (Å²) in [6, 6.07) is 15.9. The van der Waals surface area contributed by atoms with E-state index in [0.717, 1.165) is 55.2 Å². The van der Waals surface area contributed by atoms with Crippen LogP contribution in [0.3, 0.4) is 0 Å². The van der Waals surface area contributed by atoms with Crippen molar-refractivity contribution >= 4 is 17.5 Å². The van der Waals surface area contributed by atoms with E-state index in [1.807, 2.05) is 42.5 Å². The number of carbonyl (C=O) groups excluding carboxylic acids is 1. The highest BCUT2D eigenvalue weighted by atomic mass is 35.5. The van der Waals surface area contributed by atoms with E-state index in [1.54, 1.807) is 7.11 Å². The van der Waals surface area contributed by atoms with Gasteiger partial charge in [-0.2, -0.15) is 0 Å². The first kappa shape index (κ1) is 19.7. The summed E-state index contributed by atoms with van der Waals surface area (Å²) in [6.07, 6.45) is 2.82. The number of benzene rings is 2. The van der Waals surface area contributed by atoms with Gasteiger partial charge in [0.2, 0.25) is 5.91 Å². The zero-order valence-electron chi connectivity index (χ0n) is 15.8. The van der Waals surface area contributed by atoms with Crippen molar-refractivity contribution in [1.82, 2.24) is 10.2 Å². The Labute approximate surface area is 166 Å². The first-order chi connectivity index (χ1) is 13.2. The molecule has 1 atom stereocenters. The predicted octanol–water partition coefficient (Wildman–Crippen LogP) is 3.92. The van der Waals surface area contributed by atoms with E-state index in [0.29, 0.717) is 6.54 Å². The maximum atomic E-state index is 12.6. The smallest absolute Gasteiger partial charge is 0.224 e. The van der Waals surface area contributed by atoms with Gasteiger partial charge in [-0.15, -0.1) is 0 Å². The second-order valence-corrected chi connectivity index (χ2v) is 7.46. The van der Waals surface area contributed by atoms with Crippen molar-refractivity contribution in [3.63, 3.8) is 0 Å². The number of rotatable bonds is 7. The number of hydrogen-bond donors (Lipinski definition) is 1. The second kappa shape index (κ2) is 9.77. The molecule has 2 aromatic carbocycles. The first-order valence-electron chi connectivity index (χ1n) is 9.52. The van der Waals surface area contributed by atoms with E-state index in [4.69, 9.17) is 16.3 Å². The second-order valence-electron chi connectivity index (χ2n) is 7.05. The van der Waals surface area contributed by atoms with Crippen molar-refractivity contribution < 1.29 is 9.53 Å². The standard InChI is InChI=1S/C22H27ClN2O2/c1-27-20-10-8-17(9-11-20)12-13-24-22(26)19-6-4-14-25(16-19)15-18-5-2-3-7-21(18)23/h2-3,5,7-11,19H,4,6,12-16H2,1H3,(H,24,26). The van der Waals surface area contributed by atoms with Gasteiger partial charge in [-0.1, -0.05) is 41.9 Å². The van der Waals surface area contributed by atoms with E-state index in [2.05, 4.69) is 16.3 Å². The van der Waals surface area contributed by atoms with Gasteiger partial charge in [0.05, 0.1) is 13.0 Å². The molecule has 1 heterocycles. The summed E-state index contributed by atoms with van der Waals surface area (Å²) >= 11 is 6.27. The summed E-state index contributed by atoms with van der Waals surface area (Å²) in [7, 11) is 1.66. The van der Waals surface area contributed by atoms with Crippen LogP contribution in [0.15, 0.2) is 48.5 Å². The number of nitrogens with zero attached hydrogens (tertiary/aromatic N) is 1. The Hall–Kier alpha value is -2.04. The molecule has 5 heteroatoms. The van der Waals surface area contributed by atoms with Gasteiger partial charge in [-0.3, -0.25) is 9.69 Å². The minimum atomic E-state index is 0.0529. The average molecular weight is 387 g/mol. The number of likely N-dealkylation sites (tertiary alicyclic amines) is 1. The molecular weight excluding hydrogens is 360 g/mol. The zero-order chi connectivity index (χ0) is 19.1. The first-order valence-corrected chi connectivity index (χ1v) is 9.90. The lowest BCUT2D eigenvalue weighted by Crippen LogP contribution is -2.43. The Morgan fingerprint density at radius 1 is 1.22 bits per heavy atom. The van der Waals surface area contributed by atoms with Crippen LogP contribution in [-0.2, 0) is 17.8 Å². The van der Waals surface area contributed by atoms with Gasteiger partial charge in [0, 0.05) is 24.7 Å². The van der Waals surface area contributed by atoms with Gasteiger partial charge >= 0.3 is 0 Å². The number of carbonyl (C=O) groups is 1. The molecule has 1 N–H and O–H groups in total. The molecule has 0 radical (unpaired) electrons. The third-order valence-corrected chi connectivity index (χ3v) is 5.47. The number of amides is 1. The molecule has 1 aliphatic rings. The molecular formula is C22H27ClN2O2. The number of hydrogen-bond acceptors (Lipinski definition) is 3. The van der Waals surface area contributed by atoms with Crippen LogP contribution in [0.2, 0.25) is 5.02 Å². The molecule has 1 saturated heterocycles. The molecule has 144 valence electrons. The molecule has 1 aliphatic heterocycles. The minimum absolute atomic E-state index is 0.0529. The Balaban J connectivity index is 1.45. The van der Waals surface area contributed by atoms with Gasteiger partial charge in [0.1, 0.15) is 5.75 Å². The zero-order valence-corrected chi connectivity index (χ0v) is 16.5. The summed E-state index contributed by atoms with van der Waals surface area (Å²) < 4.78 is 5.17. The third kappa shape index (κ3) is 5.72. The van der Waals surface area contributed by atoms with E-state index in [1.165, 1.54) is 5.56 Å².